The van der Waals surface area contributed by atoms with Gasteiger partial charge in [0.1, 0.15) is 16.5 Å². The van der Waals surface area contributed by atoms with Crippen LogP contribution in [0.15, 0.2) is 30.6 Å². The van der Waals surface area contributed by atoms with Gasteiger partial charge in [0.2, 0.25) is 0 Å². The monoisotopic (exact) mass is 494 g/mol. The van der Waals surface area contributed by atoms with E-state index in [1.165, 1.54) is 11.1 Å². The number of aromatic amines is 1. The van der Waals surface area contributed by atoms with Gasteiger partial charge in [-0.05, 0) is 56.6 Å². The summed E-state index contributed by atoms with van der Waals surface area (Å²) in [4.78, 5) is 35.9. The molecule has 3 fully saturated rings. The highest BCUT2D eigenvalue weighted by molar-refractivity contribution is 7.15. The topological polar surface area (TPSA) is 117 Å². The fourth-order valence-electron chi connectivity index (χ4n) is 5.56. The number of aryl methyl sites for hydroxylation is 1. The number of hydrogen-bond donors (Lipinski definition) is 3. The van der Waals surface area contributed by atoms with Crippen LogP contribution in [0.25, 0.3) is 33.1 Å². The average Bonchev–Trinajstić information content (AvgIpc) is 3.45. The number of carboxylic acids is 1. The van der Waals surface area contributed by atoms with E-state index in [2.05, 4.69) is 33.3 Å². The summed E-state index contributed by atoms with van der Waals surface area (Å²) in [7, 11) is 0. The van der Waals surface area contributed by atoms with Gasteiger partial charge in [-0.1, -0.05) is 11.6 Å². The molecule has 0 spiro atoms. The minimum absolute atomic E-state index is 0.150. The number of fused-ring (bicyclic) bond motifs is 4. The summed E-state index contributed by atoms with van der Waals surface area (Å²) >= 11 is 7.77. The predicted octanol–water partition coefficient (Wildman–Crippen LogP) is 5.41. The van der Waals surface area contributed by atoms with Crippen molar-refractivity contribution in [3.8, 4) is 22.0 Å². The lowest BCUT2D eigenvalue weighted by Gasteiger charge is -2.47. The molecule has 2 unspecified atom stereocenters. The lowest BCUT2D eigenvalue weighted by molar-refractivity contribution is -0.148. The number of nitrogens with zero attached hydrogens (tertiary/aromatic N) is 4. The minimum atomic E-state index is -0.725. The van der Waals surface area contributed by atoms with Gasteiger partial charge in [0.15, 0.2) is 11.5 Å². The molecule has 34 heavy (non-hydrogen) atoms. The summed E-state index contributed by atoms with van der Waals surface area (Å²) in [6, 6.07) is 5.88. The summed E-state index contributed by atoms with van der Waals surface area (Å²) in [6.07, 6.45) is 7.36. The van der Waals surface area contributed by atoms with Gasteiger partial charge in [-0.3, -0.25) is 4.79 Å². The Balaban J connectivity index is 1.46. The Labute approximate surface area is 204 Å². The Morgan fingerprint density at radius 2 is 1.97 bits per heavy atom. The van der Waals surface area contributed by atoms with Gasteiger partial charge in [-0.15, -0.1) is 11.3 Å². The number of nitrogens with one attached hydrogen (secondary N) is 2. The van der Waals surface area contributed by atoms with Gasteiger partial charge in [0.25, 0.3) is 0 Å². The van der Waals surface area contributed by atoms with Crippen LogP contribution in [0.2, 0.25) is 5.15 Å². The second-order valence-electron chi connectivity index (χ2n) is 9.17. The van der Waals surface area contributed by atoms with Gasteiger partial charge in [0, 0.05) is 23.2 Å². The lowest BCUT2D eigenvalue weighted by atomic mass is 9.61. The Morgan fingerprint density at radius 3 is 2.71 bits per heavy atom. The smallest absolute Gasteiger partial charge is 0.308 e. The molecule has 0 amide bonds. The highest BCUT2D eigenvalue weighted by Crippen LogP contribution is 2.46. The first-order chi connectivity index (χ1) is 16.5. The Kier molecular flexibility index (Phi) is 5.26. The zero-order valence-corrected chi connectivity index (χ0v) is 20.0. The van der Waals surface area contributed by atoms with Crippen LogP contribution in [-0.4, -0.2) is 42.0 Å². The Morgan fingerprint density at radius 1 is 1.18 bits per heavy atom. The fourth-order valence-corrected chi connectivity index (χ4v) is 6.53. The molecule has 0 aliphatic heterocycles. The molecule has 0 aromatic carbocycles. The molecular weight excluding hydrogens is 472 g/mol. The molecule has 2 atom stereocenters. The number of carbonyl (C=O) groups is 1. The maximum absolute atomic E-state index is 12.2. The summed E-state index contributed by atoms with van der Waals surface area (Å²) < 4.78 is 0. The zero-order valence-electron chi connectivity index (χ0n) is 18.5. The van der Waals surface area contributed by atoms with Crippen molar-refractivity contribution < 1.29 is 9.90 Å². The fraction of sp³-hybridized carbons (Fsp3) is 0.375. The molecule has 2 bridgehead atoms. The molecule has 3 N–H and O–H groups in total. The van der Waals surface area contributed by atoms with E-state index in [1.807, 2.05) is 12.1 Å². The average molecular weight is 495 g/mol. The van der Waals surface area contributed by atoms with E-state index >= 15 is 0 Å². The number of hydrogen-bond acceptors (Lipinski definition) is 7. The Bertz CT molecular complexity index is 1390. The number of aromatic nitrogens is 5. The van der Waals surface area contributed by atoms with Crippen molar-refractivity contribution >= 4 is 45.9 Å². The number of rotatable bonds is 5. The van der Waals surface area contributed by atoms with E-state index in [0.717, 1.165) is 36.3 Å². The molecule has 0 saturated heterocycles. The molecule has 4 aromatic heterocycles. The van der Waals surface area contributed by atoms with Gasteiger partial charge < -0.3 is 15.4 Å². The van der Waals surface area contributed by atoms with Gasteiger partial charge >= 0.3 is 5.97 Å². The SMILES string of the molecule is Cc1ccc(-c2cc(NC3C4CCC(CC4)C3C(=O)O)nc(-c3c[nH]c4ncc(Cl)nc34)n2)s1. The van der Waals surface area contributed by atoms with Crippen molar-refractivity contribution in [2.45, 2.75) is 38.6 Å². The van der Waals surface area contributed by atoms with Gasteiger partial charge in [-0.25, -0.2) is 19.9 Å². The van der Waals surface area contributed by atoms with E-state index in [0.29, 0.717) is 39.4 Å². The van der Waals surface area contributed by atoms with E-state index in [4.69, 9.17) is 21.6 Å². The summed E-state index contributed by atoms with van der Waals surface area (Å²) in [5.74, 6) is 0.523. The molecule has 8 nitrogen and oxygen atoms in total. The highest BCUT2D eigenvalue weighted by atomic mass is 35.5. The molecule has 0 radical (unpaired) electrons. The standard InChI is InChI=1S/C24H23ClN6O2S/c1-11-2-7-16(34-11)15-8-18(30-20-13-5-3-12(4-6-13)19(20)24(32)33)31-22(28-15)14-9-26-23-21(14)29-17(25)10-27-23/h2,7-10,12-13,19-20H,3-6H2,1H3,(H,26,27)(H,32,33)(H,28,30,31). The van der Waals surface area contributed by atoms with Crippen LogP contribution in [-0.2, 0) is 4.79 Å². The van der Waals surface area contributed by atoms with E-state index < -0.39 is 11.9 Å². The molecule has 3 aliphatic carbocycles. The number of aliphatic carboxylic acids is 1. The molecule has 7 rings (SSSR count). The Hall–Kier alpha value is -3.04. The third-order valence-electron chi connectivity index (χ3n) is 7.13. The highest BCUT2D eigenvalue weighted by Gasteiger charge is 2.47. The lowest BCUT2D eigenvalue weighted by Crippen LogP contribution is -2.51. The first-order valence-corrected chi connectivity index (χ1v) is 12.6. The molecule has 4 heterocycles. The second-order valence-corrected chi connectivity index (χ2v) is 10.8. The molecule has 4 aromatic rings. The van der Waals surface area contributed by atoms with Crippen LogP contribution < -0.4 is 5.32 Å². The van der Waals surface area contributed by atoms with E-state index in [1.54, 1.807) is 17.5 Å². The number of carboxylic acid groups (broad SMARTS) is 1. The molecular formula is C24H23ClN6O2S. The number of halogens is 1. The number of H-pyrrole nitrogens is 1. The van der Waals surface area contributed by atoms with Crippen LogP contribution in [0.1, 0.15) is 30.6 Å². The zero-order chi connectivity index (χ0) is 23.4. The van der Waals surface area contributed by atoms with Crippen molar-refractivity contribution in [2.24, 2.45) is 17.8 Å². The van der Waals surface area contributed by atoms with Crippen molar-refractivity contribution in [1.82, 2.24) is 24.9 Å². The van der Waals surface area contributed by atoms with Crippen molar-refractivity contribution in [3.05, 3.63) is 40.6 Å². The number of thiophene rings is 1. The first kappa shape index (κ1) is 21.5. The van der Waals surface area contributed by atoms with Crippen molar-refractivity contribution in [3.63, 3.8) is 0 Å². The predicted molar refractivity (Wildman–Crippen MR) is 132 cm³/mol. The third kappa shape index (κ3) is 3.73. The largest absolute Gasteiger partial charge is 0.481 e. The van der Waals surface area contributed by atoms with Crippen molar-refractivity contribution in [1.29, 1.82) is 0 Å². The van der Waals surface area contributed by atoms with Gasteiger partial charge in [0.05, 0.1) is 28.2 Å². The molecule has 10 heteroatoms. The maximum Gasteiger partial charge on any atom is 0.308 e. The summed E-state index contributed by atoms with van der Waals surface area (Å²) in [5.41, 5.74) is 2.68. The number of anilines is 1. The molecule has 174 valence electrons. The minimum Gasteiger partial charge on any atom is -0.481 e. The quantitative estimate of drug-likeness (QED) is 0.339. The van der Waals surface area contributed by atoms with Crippen LogP contribution in [0.3, 0.4) is 0 Å². The maximum atomic E-state index is 12.2. The van der Waals surface area contributed by atoms with Gasteiger partial charge in [-0.2, -0.15) is 0 Å². The molecule has 3 saturated carbocycles. The first-order valence-electron chi connectivity index (χ1n) is 11.4. The molecule has 3 aliphatic rings. The van der Waals surface area contributed by atoms with Crippen LogP contribution in [0, 0.1) is 24.7 Å². The summed E-state index contributed by atoms with van der Waals surface area (Å²) in [5, 5.41) is 13.8. The van der Waals surface area contributed by atoms with Crippen LogP contribution >= 0.6 is 22.9 Å². The van der Waals surface area contributed by atoms with Crippen molar-refractivity contribution in [2.75, 3.05) is 5.32 Å². The van der Waals surface area contributed by atoms with E-state index in [-0.39, 0.29) is 12.0 Å². The van der Waals surface area contributed by atoms with Crippen LogP contribution in [0.5, 0.6) is 0 Å². The van der Waals surface area contributed by atoms with E-state index in [9.17, 15) is 9.90 Å². The normalized spacial score (nSPS) is 23.9. The second kappa shape index (κ2) is 8.32. The third-order valence-corrected chi connectivity index (χ3v) is 8.34. The summed E-state index contributed by atoms with van der Waals surface area (Å²) in [6.45, 7) is 2.06. The van der Waals surface area contributed by atoms with Crippen LogP contribution in [0.4, 0.5) is 5.82 Å².